The second kappa shape index (κ2) is 8.43. The van der Waals surface area contributed by atoms with E-state index < -0.39 is 0 Å². The molecule has 138 valence electrons. The number of carbonyl (C=O) groups excluding carboxylic acids is 2. The molecule has 2 aliphatic rings. The number of amides is 1. The Bertz CT molecular complexity index is 605. The minimum Gasteiger partial charge on any atom is -0.342 e. The molecule has 0 N–H and O–H groups in total. The molecule has 1 saturated heterocycles. The first kappa shape index (κ1) is 18.6. The highest BCUT2D eigenvalue weighted by Gasteiger charge is 2.31. The third-order valence-corrected chi connectivity index (χ3v) is 6.68. The molecule has 0 aromatic carbocycles. The van der Waals surface area contributed by atoms with E-state index in [1.54, 1.807) is 11.3 Å². The molecule has 0 spiro atoms. The summed E-state index contributed by atoms with van der Waals surface area (Å²) in [7, 11) is 0. The molecule has 1 aliphatic heterocycles. The molecule has 1 saturated carbocycles. The van der Waals surface area contributed by atoms with Crippen molar-refractivity contribution in [2.75, 3.05) is 13.1 Å². The maximum Gasteiger partial charge on any atom is 0.225 e. The van der Waals surface area contributed by atoms with Crippen molar-refractivity contribution in [3.8, 4) is 0 Å². The molecule has 25 heavy (non-hydrogen) atoms. The normalized spacial score (nSPS) is 21.9. The van der Waals surface area contributed by atoms with E-state index in [2.05, 4.69) is 10.3 Å². The van der Waals surface area contributed by atoms with Gasteiger partial charge in [-0.3, -0.25) is 9.59 Å². The zero-order chi connectivity index (χ0) is 17.8. The van der Waals surface area contributed by atoms with Crippen LogP contribution in [0.3, 0.4) is 0 Å². The van der Waals surface area contributed by atoms with E-state index in [-0.39, 0.29) is 11.8 Å². The number of Topliss-reactive ketones (excluding diaryl/α,β-unsaturated/α-hetero) is 1. The standard InChI is InChI=1S/C20H30N2O2S/c1-14(2)18(23)10-9-17-13-25-19(21-17)16-8-5-11-22(12-16)20(24)15-6-3-4-7-15/h13-16H,3-12H2,1-2H3. The summed E-state index contributed by atoms with van der Waals surface area (Å²) in [5, 5.41) is 3.25. The van der Waals surface area contributed by atoms with Gasteiger partial charge in [0.1, 0.15) is 5.78 Å². The molecule has 4 nitrogen and oxygen atoms in total. The first-order valence-electron chi connectivity index (χ1n) is 9.80. The molecule has 1 aromatic rings. The van der Waals surface area contributed by atoms with Crippen LogP contribution in [0.4, 0.5) is 0 Å². The molecule has 2 fully saturated rings. The number of thiazole rings is 1. The van der Waals surface area contributed by atoms with Crippen molar-refractivity contribution in [3.63, 3.8) is 0 Å². The number of ketones is 1. The maximum atomic E-state index is 12.7. The van der Waals surface area contributed by atoms with Gasteiger partial charge in [-0.2, -0.15) is 0 Å². The average Bonchev–Trinajstić information content (AvgIpc) is 3.30. The zero-order valence-electron chi connectivity index (χ0n) is 15.5. The lowest BCUT2D eigenvalue weighted by atomic mass is 9.96. The van der Waals surface area contributed by atoms with Crippen molar-refractivity contribution in [2.24, 2.45) is 11.8 Å². The van der Waals surface area contributed by atoms with Crippen LogP contribution in [0.5, 0.6) is 0 Å². The molecule has 1 amide bonds. The summed E-state index contributed by atoms with van der Waals surface area (Å²) in [5.41, 5.74) is 1.04. The molecular weight excluding hydrogens is 332 g/mol. The Balaban J connectivity index is 1.56. The zero-order valence-corrected chi connectivity index (χ0v) is 16.3. The Hall–Kier alpha value is -1.23. The van der Waals surface area contributed by atoms with Crippen LogP contribution in [0.1, 0.15) is 75.4 Å². The van der Waals surface area contributed by atoms with Crippen LogP contribution >= 0.6 is 11.3 Å². The Labute approximate surface area is 155 Å². The second-order valence-electron chi connectivity index (χ2n) is 7.90. The van der Waals surface area contributed by atoms with Gasteiger partial charge in [0.25, 0.3) is 0 Å². The fourth-order valence-corrected chi connectivity index (χ4v) is 4.96. The summed E-state index contributed by atoms with van der Waals surface area (Å²) in [6, 6.07) is 0. The van der Waals surface area contributed by atoms with E-state index in [0.717, 1.165) is 55.9 Å². The summed E-state index contributed by atoms with van der Waals surface area (Å²) in [6.07, 6.45) is 8.08. The molecule has 0 bridgehead atoms. The first-order chi connectivity index (χ1) is 12.0. The third-order valence-electron chi connectivity index (χ3n) is 5.63. The second-order valence-corrected chi connectivity index (χ2v) is 8.79. The SMILES string of the molecule is CC(C)C(=O)CCc1csc(C2CCCN(C(=O)C3CCCC3)C2)n1. The Morgan fingerprint density at radius 2 is 2.00 bits per heavy atom. The van der Waals surface area contributed by atoms with Crippen molar-refractivity contribution < 1.29 is 9.59 Å². The molecule has 2 heterocycles. The lowest BCUT2D eigenvalue weighted by molar-refractivity contribution is -0.136. The molecular formula is C20H30N2O2S. The molecule has 0 radical (unpaired) electrons. The third kappa shape index (κ3) is 4.69. The summed E-state index contributed by atoms with van der Waals surface area (Å²) in [5.74, 6) is 1.43. The van der Waals surface area contributed by atoms with Crippen molar-refractivity contribution in [1.29, 1.82) is 0 Å². The minimum atomic E-state index is 0.103. The van der Waals surface area contributed by atoms with Crippen molar-refractivity contribution in [1.82, 2.24) is 9.88 Å². The lowest BCUT2D eigenvalue weighted by Gasteiger charge is -2.33. The van der Waals surface area contributed by atoms with Crippen LogP contribution in [0, 0.1) is 11.8 Å². The summed E-state index contributed by atoms with van der Waals surface area (Å²) < 4.78 is 0. The van der Waals surface area contributed by atoms with Crippen molar-refractivity contribution in [3.05, 3.63) is 16.1 Å². The smallest absolute Gasteiger partial charge is 0.225 e. The number of nitrogens with zero attached hydrogens (tertiary/aromatic N) is 2. The van der Waals surface area contributed by atoms with Crippen LogP contribution in [0.15, 0.2) is 5.38 Å². The number of aryl methyl sites for hydroxylation is 1. The van der Waals surface area contributed by atoms with Crippen LogP contribution in [0.25, 0.3) is 0 Å². The number of piperidine rings is 1. The van der Waals surface area contributed by atoms with Gasteiger partial charge in [0, 0.05) is 42.6 Å². The van der Waals surface area contributed by atoms with E-state index in [4.69, 9.17) is 4.98 Å². The predicted molar refractivity (Wildman–Crippen MR) is 101 cm³/mol. The fourth-order valence-electron chi connectivity index (χ4n) is 3.97. The van der Waals surface area contributed by atoms with Crippen LogP contribution in [-0.4, -0.2) is 34.7 Å². The molecule has 1 unspecified atom stereocenters. The monoisotopic (exact) mass is 362 g/mol. The van der Waals surface area contributed by atoms with E-state index in [1.807, 2.05) is 13.8 Å². The Morgan fingerprint density at radius 3 is 2.72 bits per heavy atom. The van der Waals surface area contributed by atoms with Crippen LogP contribution in [0.2, 0.25) is 0 Å². The molecule has 3 rings (SSSR count). The molecule has 5 heteroatoms. The van der Waals surface area contributed by atoms with Gasteiger partial charge in [0.05, 0.1) is 10.7 Å². The van der Waals surface area contributed by atoms with E-state index in [0.29, 0.717) is 24.0 Å². The lowest BCUT2D eigenvalue weighted by Crippen LogP contribution is -2.41. The predicted octanol–water partition coefficient (Wildman–Crippen LogP) is 4.20. The van der Waals surface area contributed by atoms with Gasteiger partial charge in [-0.05, 0) is 32.1 Å². The average molecular weight is 363 g/mol. The quantitative estimate of drug-likeness (QED) is 0.762. The topological polar surface area (TPSA) is 50.3 Å². The first-order valence-corrected chi connectivity index (χ1v) is 10.7. The van der Waals surface area contributed by atoms with E-state index in [9.17, 15) is 9.59 Å². The summed E-state index contributed by atoms with van der Waals surface area (Å²) in [4.78, 5) is 31.4. The number of hydrogen-bond acceptors (Lipinski definition) is 4. The summed E-state index contributed by atoms with van der Waals surface area (Å²) in [6.45, 7) is 5.64. The van der Waals surface area contributed by atoms with Gasteiger partial charge in [0.15, 0.2) is 0 Å². The maximum absolute atomic E-state index is 12.7. The van der Waals surface area contributed by atoms with Gasteiger partial charge in [-0.15, -0.1) is 11.3 Å². The highest BCUT2D eigenvalue weighted by Crippen LogP contribution is 2.32. The summed E-state index contributed by atoms with van der Waals surface area (Å²) >= 11 is 1.70. The number of aromatic nitrogens is 1. The van der Waals surface area contributed by atoms with Gasteiger partial charge in [-0.1, -0.05) is 26.7 Å². The van der Waals surface area contributed by atoms with Gasteiger partial charge in [0.2, 0.25) is 5.91 Å². The van der Waals surface area contributed by atoms with Crippen molar-refractivity contribution in [2.45, 2.75) is 71.1 Å². The fraction of sp³-hybridized carbons (Fsp3) is 0.750. The number of hydrogen-bond donors (Lipinski definition) is 0. The number of likely N-dealkylation sites (tertiary alicyclic amines) is 1. The van der Waals surface area contributed by atoms with Crippen LogP contribution < -0.4 is 0 Å². The largest absolute Gasteiger partial charge is 0.342 e. The van der Waals surface area contributed by atoms with E-state index >= 15 is 0 Å². The van der Waals surface area contributed by atoms with Crippen molar-refractivity contribution >= 4 is 23.0 Å². The molecule has 1 aromatic heterocycles. The van der Waals surface area contributed by atoms with Gasteiger partial charge in [-0.25, -0.2) is 4.98 Å². The number of rotatable bonds is 6. The molecule has 1 atom stereocenters. The van der Waals surface area contributed by atoms with Crippen LogP contribution in [-0.2, 0) is 16.0 Å². The van der Waals surface area contributed by atoms with E-state index in [1.165, 1.54) is 12.8 Å². The Kier molecular flexibility index (Phi) is 6.26. The highest BCUT2D eigenvalue weighted by molar-refractivity contribution is 7.09. The van der Waals surface area contributed by atoms with Gasteiger partial charge >= 0.3 is 0 Å². The van der Waals surface area contributed by atoms with Gasteiger partial charge < -0.3 is 4.90 Å². The highest BCUT2D eigenvalue weighted by atomic mass is 32.1. The minimum absolute atomic E-state index is 0.103. The number of carbonyl (C=O) groups is 2. The molecule has 1 aliphatic carbocycles. The Morgan fingerprint density at radius 1 is 1.24 bits per heavy atom.